The first-order chi connectivity index (χ1) is 8.55. The first-order valence-corrected chi connectivity index (χ1v) is 7.77. The zero-order valence-electron chi connectivity index (χ0n) is 10.5. The van der Waals surface area contributed by atoms with Crippen LogP contribution in [-0.4, -0.2) is 25.3 Å². The van der Waals surface area contributed by atoms with Crippen molar-refractivity contribution in [1.29, 1.82) is 0 Å². The summed E-state index contributed by atoms with van der Waals surface area (Å²) in [5, 5.41) is 0. The van der Waals surface area contributed by atoms with Gasteiger partial charge in [-0.2, -0.15) is 4.31 Å². The molecule has 1 saturated heterocycles. The summed E-state index contributed by atoms with van der Waals surface area (Å²) in [6, 6.07) is 5.14. The molecule has 1 aromatic rings. The predicted octanol–water partition coefficient (Wildman–Crippen LogP) is 2.78. The van der Waals surface area contributed by atoms with Crippen molar-refractivity contribution in [3.8, 4) is 0 Å². The van der Waals surface area contributed by atoms with Crippen molar-refractivity contribution in [3.05, 3.63) is 30.1 Å². The topological polar surface area (TPSA) is 37.4 Å². The Labute approximate surface area is 108 Å². The Morgan fingerprint density at radius 2 is 1.94 bits per heavy atom. The van der Waals surface area contributed by atoms with Gasteiger partial charge in [-0.25, -0.2) is 12.8 Å². The molecule has 100 valence electrons. The zero-order valence-corrected chi connectivity index (χ0v) is 11.3. The van der Waals surface area contributed by atoms with Gasteiger partial charge in [0.05, 0.1) is 4.90 Å². The summed E-state index contributed by atoms with van der Waals surface area (Å²) < 4.78 is 39.4. The molecule has 0 saturated carbocycles. The van der Waals surface area contributed by atoms with Crippen LogP contribution in [0.15, 0.2) is 29.2 Å². The van der Waals surface area contributed by atoms with E-state index in [9.17, 15) is 12.8 Å². The minimum atomic E-state index is -3.47. The molecule has 0 N–H and O–H groups in total. The van der Waals surface area contributed by atoms with Crippen LogP contribution in [0.2, 0.25) is 0 Å². The quantitative estimate of drug-likeness (QED) is 0.847. The Morgan fingerprint density at radius 3 is 2.56 bits per heavy atom. The van der Waals surface area contributed by atoms with Gasteiger partial charge in [0, 0.05) is 12.6 Å². The van der Waals surface area contributed by atoms with E-state index in [4.69, 9.17) is 0 Å². The summed E-state index contributed by atoms with van der Waals surface area (Å²) in [7, 11) is -3.47. The Hall–Kier alpha value is -0.940. The smallest absolute Gasteiger partial charge is 0.207 e. The second-order valence-electron chi connectivity index (χ2n) is 4.63. The van der Waals surface area contributed by atoms with Gasteiger partial charge in [-0.3, -0.25) is 0 Å². The first-order valence-electron chi connectivity index (χ1n) is 6.33. The molecule has 1 aromatic carbocycles. The number of rotatable bonds is 3. The highest BCUT2D eigenvalue weighted by molar-refractivity contribution is 7.89. The summed E-state index contributed by atoms with van der Waals surface area (Å²) in [6.07, 6.45) is 3.71. The number of sulfonamides is 1. The molecular weight excluding hydrogens is 253 g/mol. The van der Waals surface area contributed by atoms with Crippen molar-refractivity contribution >= 4 is 10.0 Å². The maximum atomic E-state index is 12.9. The fourth-order valence-electron chi connectivity index (χ4n) is 2.44. The molecule has 1 aliphatic heterocycles. The maximum absolute atomic E-state index is 12.9. The van der Waals surface area contributed by atoms with Gasteiger partial charge in [-0.15, -0.1) is 0 Å². The number of benzene rings is 1. The standard InChI is InChI=1S/C13H18FNO2S/c1-2-12-5-3-4-10-15(12)18(16,17)13-8-6-11(14)7-9-13/h6-9,12H,2-5,10H2,1H3. The van der Waals surface area contributed by atoms with Crippen LogP contribution in [0.1, 0.15) is 32.6 Å². The van der Waals surface area contributed by atoms with Gasteiger partial charge in [0.2, 0.25) is 10.0 Å². The molecule has 1 atom stereocenters. The summed E-state index contributed by atoms with van der Waals surface area (Å²) in [4.78, 5) is 0.184. The van der Waals surface area contributed by atoms with Crippen molar-refractivity contribution in [2.45, 2.75) is 43.5 Å². The molecule has 0 bridgehead atoms. The van der Waals surface area contributed by atoms with Crippen LogP contribution >= 0.6 is 0 Å². The van der Waals surface area contributed by atoms with Crippen LogP contribution in [0.25, 0.3) is 0 Å². The van der Waals surface area contributed by atoms with Crippen LogP contribution in [0, 0.1) is 5.82 Å². The number of hydrogen-bond acceptors (Lipinski definition) is 2. The van der Waals surface area contributed by atoms with Crippen molar-refractivity contribution < 1.29 is 12.8 Å². The lowest BCUT2D eigenvalue weighted by Crippen LogP contribution is -2.43. The Balaban J connectivity index is 2.32. The second kappa shape index (κ2) is 5.36. The lowest BCUT2D eigenvalue weighted by atomic mass is 10.0. The largest absolute Gasteiger partial charge is 0.243 e. The van der Waals surface area contributed by atoms with Crippen LogP contribution in [0.3, 0.4) is 0 Å². The Morgan fingerprint density at radius 1 is 1.28 bits per heavy atom. The number of hydrogen-bond donors (Lipinski definition) is 0. The maximum Gasteiger partial charge on any atom is 0.243 e. The molecule has 18 heavy (non-hydrogen) atoms. The molecule has 1 aliphatic rings. The van der Waals surface area contributed by atoms with Gasteiger partial charge in [0.1, 0.15) is 5.82 Å². The van der Waals surface area contributed by atoms with E-state index in [-0.39, 0.29) is 10.9 Å². The van der Waals surface area contributed by atoms with Gasteiger partial charge >= 0.3 is 0 Å². The van der Waals surface area contributed by atoms with Crippen LogP contribution in [-0.2, 0) is 10.0 Å². The summed E-state index contributed by atoms with van der Waals surface area (Å²) in [5.41, 5.74) is 0. The summed E-state index contributed by atoms with van der Waals surface area (Å²) in [5.74, 6) is -0.417. The Kier molecular flexibility index (Phi) is 4.02. The van der Waals surface area contributed by atoms with E-state index in [0.717, 1.165) is 25.7 Å². The van der Waals surface area contributed by atoms with E-state index >= 15 is 0 Å². The lowest BCUT2D eigenvalue weighted by Gasteiger charge is -2.34. The van der Waals surface area contributed by atoms with Gasteiger partial charge in [-0.1, -0.05) is 13.3 Å². The van der Waals surface area contributed by atoms with Crippen molar-refractivity contribution in [1.82, 2.24) is 4.31 Å². The van der Waals surface area contributed by atoms with E-state index in [0.29, 0.717) is 6.54 Å². The van der Waals surface area contributed by atoms with E-state index < -0.39 is 15.8 Å². The molecule has 1 unspecified atom stereocenters. The van der Waals surface area contributed by atoms with E-state index in [2.05, 4.69) is 0 Å². The lowest BCUT2D eigenvalue weighted by molar-refractivity contribution is 0.246. The van der Waals surface area contributed by atoms with Gasteiger partial charge in [0.25, 0.3) is 0 Å². The molecule has 1 heterocycles. The van der Waals surface area contributed by atoms with Crippen molar-refractivity contribution in [2.24, 2.45) is 0 Å². The monoisotopic (exact) mass is 271 g/mol. The Bertz CT molecular complexity index is 498. The van der Waals surface area contributed by atoms with E-state index in [1.54, 1.807) is 4.31 Å². The molecule has 0 radical (unpaired) electrons. The molecule has 1 fully saturated rings. The molecule has 0 aromatic heterocycles. The molecule has 0 spiro atoms. The van der Waals surface area contributed by atoms with Gasteiger partial charge < -0.3 is 0 Å². The normalized spacial score (nSPS) is 22.0. The van der Waals surface area contributed by atoms with Crippen LogP contribution in [0.4, 0.5) is 4.39 Å². The fraction of sp³-hybridized carbons (Fsp3) is 0.538. The molecule has 2 rings (SSSR count). The molecule has 0 amide bonds. The third kappa shape index (κ3) is 2.57. The molecule has 3 nitrogen and oxygen atoms in total. The predicted molar refractivity (Wildman–Crippen MR) is 68.2 cm³/mol. The first kappa shape index (κ1) is 13.5. The highest BCUT2D eigenvalue weighted by Crippen LogP contribution is 2.26. The fourth-order valence-corrected chi connectivity index (χ4v) is 4.21. The van der Waals surface area contributed by atoms with Crippen LogP contribution in [0.5, 0.6) is 0 Å². The minimum Gasteiger partial charge on any atom is -0.207 e. The molecule has 0 aliphatic carbocycles. The highest BCUT2D eigenvalue weighted by Gasteiger charge is 2.32. The second-order valence-corrected chi connectivity index (χ2v) is 6.52. The number of halogens is 1. The zero-order chi connectivity index (χ0) is 13.2. The molecular formula is C13H18FNO2S. The summed E-state index contributed by atoms with van der Waals surface area (Å²) >= 11 is 0. The average Bonchev–Trinajstić information content (AvgIpc) is 2.39. The third-order valence-corrected chi connectivity index (χ3v) is 5.43. The van der Waals surface area contributed by atoms with Gasteiger partial charge in [-0.05, 0) is 43.5 Å². The van der Waals surface area contributed by atoms with E-state index in [1.807, 2.05) is 6.92 Å². The number of nitrogens with zero attached hydrogens (tertiary/aromatic N) is 1. The molecule has 5 heteroatoms. The van der Waals surface area contributed by atoms with E-state index in [1.165, 1.54) is 24.3 Å². The summed E-state index contributed by atoms with van der Waals surface area (Å²) in [6.45, 7) is 2.57. The van der Waals surface area contributed by atoms with Crippen LogP contribution < -0.4 is 0 Å². The third-order valence-electron chi connectivity index (χ3n) is 3.46. The highest BCUT2D eigenvalue weighted by atomic mass is 32.2. The average molecular weight is 271 g/mol. The van der Waals surface area contributed by atoms with Gasteiger partial charge in [0.15, 0.2) is 0 Å². The number of piperidine rings is 1. The van der Waals surface area contributed by atoms with Crippen molar-refractivity contribution in [2.75, 3.05) is 6.54 Å². The SMILES string of the molecule is CCC1CCCCN1S(=O)(=O)c1ccc(F)cc1. The minimum absolute atomic E-state index is 0.0776. The van der Waals surface area contributed by atoms with Crippen molar-refractivity contribution in [3.63, 3.8) is 0 Å².